The molecule has 0 amide bonds. The van der Waals surface area contributed by atoms with E-state index >= 15 is 0 Å². The number of halogens is 3. The second kappa shape index (κ2) is 5.37. The van der Waals surface area contributed by atoms with Gasteiger partial charge in [-0.2, -0.15) is 13.2 Å². The Hall–Kier alpha value is -2.08. The minimum atomic E-state index is -4.48. The second-order valence-corrected chi connectivity index (χ2v) is 4.96. The largest absolute Gasteiger partial charge is 0.480 e. The summed E-state index contributed by atoms with van der Waals surface area (Å²) in [7, 11) is 0. The predicted molar refractivity (Wildman–Crippen MR) is 73.0 cm³/mol. The first-order valence-corrected chi connectivity index (χ1v) is 6.27. The van der Waals surface area contributed by atoms with Crippen LogP contribution in [0.3, 0.4) is 0 Å². The lowest BCUT2D eigenvalue weighted by Gasteiger charge is -2.27. The van der Waals surface area contributed by atoms with Gasteiger partial charge in [0.2, 0.25) is 0 Å². The van der Waals surface area contributed by atoms with Crippen molar-refractivity contribution in [3.05, 3.63) is 48.0 Å². The second-order valence-electron chi connectivity index (χ2n) is 4.96. The average Bonchev–Trinajstić information content (AvgIpc) is 2.43. The van der Waals surface area contributed by atoms with E-state index in [1.807, 2.05) is 12.1 Å². The first-order chi connectivity index (χ1) is 9.72. The summed E-state index contributed by atoms with van der Waals surface area (Å²) >= 11 is 0. The van der Waals surface area contributed by atoms with Crippen LogP contribution in [0.1, 0.15) is 12.5 Å². The van der Waals surface area contributed by atoms with Gasteiger partial charge in [0.1, 0.15) is 5.54 Å². The Labute approximate surface area is 119 Å². The van der Waals surface area contributed by atoms with Crippen molar-refractivity contribution in [2.24, 2.45) is 0 Å². The van der Waals surface area contributed by atoms with Gasteiger partial charge in [-0.15, -0.1) is 0 Å². The molecule has 2 aromatic carbocycles. The van der Waals surface area contributed by atoms with E-state index in [4.69, 9.17) is 0 Å². The summed E-state index contributed by atoms with van der Waals surface area (Å²) in [4.78, 5) is 11.4. The van der Waals surface area contributed by atoms with Crippen molar-refractivity contribution in [2.75, 3.05) is 6.54 Å². The summed E-state index contributed by atoms with van der Waals surface area (Å²) in [5.41, 5.74) is -1.53. The van der Waals surface area contributed by atoms with Crippen LogP contribution in [0.4, 0.5) is 13.2 Å². The zero-order chi connectivity index (χ0) is 15.7. The number of hydrogen-bond acceptors (Lipinski definition) is 2. The molecule has 2 N–H and O–H groups in total. The fraction of sp³-hybridized carbons (Fsp3) is 0.267. The van der Waals surface area contributed by atoms with Gasteiger partial charge in [-0.25, -0.2) is 4.79 Å². The number of aliphatic carboxylic acids is 1. The molecule has 0 saturated carbocycles. The maximum atomic E-state index is 12.4. The van der Waals surface area contributed by atoms with Crippen LogP contribution in [0, 0.1) is 0 Å². The monoisotopic (exact) mass is 297 g/mol. The number of carboxylic acid groups (broad SMARTS) is 1. The highest BCUT2D eigenvalue weighted by atomic mass is 19.4. The van der Waals surface area contributed by atoms with E-state index in [1.54, 1.807) is 24.3 Å². The molecule has 0 fully saturated rings. The molecule has 0 radical (unpaired) electrons. The number of carboxylic acids is 1. The molecule has 0 heterocycles. The average molecular weight is 297 g/mol. The van der Waals surface area contributed by atoms with Gasteiger partial charge in [-0.05, 0) is 29.3 Å². The van der Waals surface area contributed by atoms with Crippen LogP contribution in [-0.2, 0) is 10.3 Å². The van der Waals surface area contributed by atoms with Gasteiger partial charge >= 0.3 is 12.1 Å². The molecule has 0 spiro atoms. The Morgan fingerprint density at radius 3 is 2.33 bits per heavy atom. The third-order valence-electron chi connectivity index (χ3n) is 3.40. The van der Waals surface area contributed by atoms with Crippen LogP contribution in [0.15, 0.2) is 42.5 Å². The van der Waals surface area contributed by atoms with E-state index in [9.17, 15) is 23.1 Å². The molecule has 2 rings (SSSR count). The molecule has 0 aliphatic rings. The van der Waals surface area contributed by atoms with Crippen molar-refractivity contribution in [1.82, 2.24) is 5.32 Å². The number of nitrogens with one attached hydrogen (secondary N) is 1. The van der Waals surface area contributed by atoms with Crippen molar-refractivity contribution in [3.63, 3.8) is 0 Å². The van der Waals surface area contributed by atoms with Crippen LogP contribution < -0.4 is 5.32 Å². The molecular weight excluding hydrogens is 283 g/mol. The van der Waals surface area contributed by atoms with Crippen LogP contribution in [-0.4, -0.2) is 23.8 Å². The molecule has 0 aliphatic heterocycles. The van der Waals surface area contributed by atoms with Gasteiger partial charge in [-0.1, -0.05) is 36.4 Å². The number of hydrogen-bond donors (Lipinski definition) is 2. The summed E-state index contributed by atoms with van der Waals surface area (Å²) in [5, 5.41) is 13.1. The van der Waals surface area contributed by atoms with Gasteiger partial charge < -0.3 is 5.11 Å². The first-order valence-electron chi connectivity index (χ1n) is 6.27. The zero-order valence-electron chi connectivity index (χ0n) is 11.2. The summed E-state index contributed by atoms with van der Waals surface area (Å²) in [6, 6.07) is 12.1. The smallest absolute Gasteiger partial charge is 0.401 e. The third-order valence-corrected chi connectivity index (χ3v) is 3.40. The lowest BCUT2D eigenvalue weighted by molar-refractivity contribution is -0.150. The number of benzene rings is 2. The fourth-order valence-corrected chi connectivity index (χ4v) is 2.08. The Kier molecular flexibility index (Phi) is 3.91. The fourth-order valence-electron chi connectivity index (χ4n) is 2.08. The van der Waals surface area contributed by atoms with Crippen molar-refractivity contribution in [3.8, 4) is 0 Å². The van der Waals surface area contributed by atoms with Crippen molar-refractivity contribution in [1.29, 1.82) is 0 Å². The van der Waals surface area contributed by atoms with E-state index in [-0.39, 0.29) is 5.56 Å². The highest BCUT2D eigenvalue weighted by molar-refractivity contribution is 5.86. The van der Waals surface area contributed by atoms with Crippen LogP contribution in [0.5, 0.6) is 0 Å². The Bertz CT molecular complexity index is 669. The number of fused-ring (bicyclic) bond motifs is 1. The highest BCUT2D eigenvalue weighted by Gasteiger charge is 2.39. The van der Waals surface area contributed by atoms with Gasteiger partial charge in [0.15, 0.2) is 0 Å². The molecule has 0 aromatic heterocycles. The summed E-state index contributed by atoms with van der Waals surface area (Å²) in [6.07, 6.45) is -4.48. The van der Waals surface area contributed by atoms with Gasteiger partial charge in [0, 0.05) is 0 Å². The SMILES string of the molecule is CC(NCC(F)(F)F)(C(=O)O)c1ccc2ccccc2c1. The zero-order valence-corrected chi connectivity index (χ0v) is 11.2. The van der Waals surface area contributed by atoms with Crippen molar-refractivity contribution >= 4 is 16.7 Å². The highest BCUT2D eigenvalue weighted by Crippen LogP contribution is 2.26. The van der Waals surface area contributed by atoms with E-state index < -0.39 is 24.2 Å². The van der Waals surface area contributed by atoms with Gasteiger partial charge in [0.05, 0.1) is 6.54 Å². The quantitative estimate of drug-likeness (QED) is 0.910. The maximum Gasteiger partial charge on any atom is 0.401 e. The molecule has 1 unspecified atom stereocenters. The van der Waals surface area contributed by atoms with Crippen LogP contribution >= 0.6 is 0 Å². The Balaban J connectivity index is 2.42. The molecule has 0 aliphatic carbocycles. The molecule has 0 saturated heterocycles. The predicted octanol–water partition coefficient (Wildman–Crippen LogP) is 3.29. The van der Waals surface area contributed by atoms with Crippen LogP contribution in [0.2, 0.25) is 0 Å². The van der Waals surface area contributed by atoms with Crippen LogP contribution in [0.25, 0.3) is 10.8 Å². The summed E-state index contributed by atoms with van der Waals surface area (Å²) in [5.74, 6) is -1.36. The normalized spacial score (nSPS) is 14.9. The van der Waals surface area contributed by atoms with E-state index in [2.05, 4.69) is 5.32 Å². The minimum Gasteiger partial charge on any atom is -0.480 e. The standard InChI is InChI=1S/C15H14F3NO2/c1-14(13(20)21,19-9-15(16,17)18)12-7-6-10-4-2-3-5-11(10)8-12/h2-8,19H,9H2,1H3,(H,20,21). The molecule has 1 atom stereocenters. The minimum absolute atomic E-state index is 0.276. The molecular formula is C15H14F3NO2. The van der Waals surface area contributed by atoms with E-state index in [1.165, 1.54) is 13.0 Å². The van der Waals surface area contributed by atoms with Crippen molar-refractivity contribution < 1.29 is 23.1 Å². The lowest BCUT2D eigenvalue weighted by atomic mass is 9.90. The lowest BCUT2D eigenvalue weighted by Crippen LogP contribution is -2.50. The van der Waals surface area contributed by atoms with Crippen molar-refractivity contribution in [2.45, 2.75) is 18.6 Å². The number of carbonyl (C=O) groups is 1. The first kappa shape index (κ1) is 15.3. The molecule has 112 valence electrons. The molecule has 3 nitrogen and oxygen atoms in total. The maximum absolute atomic E-state index is 12.4. The number of alkyl halides is 3. The van der Waals surface area contributed by atoms with E-state index in [0.29, 0.717) is 0 Å². The third kappa shape index (κ3) is 3.33. The topological polar surface area (TPSA) is 49.3 Å². The van der Waals surface area contributed by atoms with E-state index in [0.717, 1.165) is 10.8 Å². The number of rotatable bonds is 4. The molecule has 0 bridgehead atoms. The summed E-state index contributed by atoms with van der Waals surface area (Å²) in [6.45, 7) is -0.145. The Morgan fingerprint density at radius 1 is 1.14 bits per heavy atom. The molecule has 6 heteroatoms. The molecule has 21 heavy (non-hydrogen) atoms. The Morgan fingerprint density at radius 2 is 1.76 bits per heavy atom. The summed E-state index contributed by atoms with van der Waals surface area (Å²) < 4.78 is 37.1. The van der Waals surface area contributed by atoms with Gasteiger partial charge in [-0.3, -0.25) is 5.32 Å². The van der Waals surface area contributed by atoms with Gasteiger partial charge in [0.25, 0.3) is 0 Å². The molecule has 2 aromatic rings.